The molecule has 0 fully saturated rings. The van der Waals surface area contributed by atoms with Crippen molar-refractivity contribution in [1.29, 1.82) is 0 Å². The highest BCUT2D eigenvalue weighted by Crippen LogP contribution is 2.35. The first-order chi connectivity index (χ1) is 15.7. The Morgan fingerprint density at radius 2 is 1.76 bits per heavy atom. The van der Waals surface area contributed by atoms with Gasteiger partial charge in [-0.25, -0.2) is 9.67 Å². The molecule has 170 valence electrons. The van der Waals surface area contributed by atoms with Crippen molar-refractivity contribution in [3.8, 4) is 11.1 Å². The van der Waals surface area contributed by atoms with Crippen LogP contribution < -0.4 is 11.1 Å². The van der Waals surface area contributed by atoms with Gasteiger partial charge >= 0.3 is 0 Å². The molecular weight excluding hydrogens is 410 g/mol. The van der Waals surface area contributed by atoms with E-state index in [0.717, 1.165) is 45.5 Å². The number of anilines is 2. The zero-order chi connectivity index (χ0) is 23.8. The van der Waals surface area contributed by atoms with Crippen molar-refractivity contribution in [3.05, 3.63) is 71.9 Å². The van der Waals surface area contributed by atoms with E-state index in [4.69, 9.17) is 10.7 Å². The van der Waals surface area contributed by atoms with E-state index in [0.29, 0.717) is 5.82 Å². The zero-order valence-electron chi connectivity index (χ0n) is 19.9. The number of hydrogen-bond acceptors (Lipinski definition) is 4. The Hall–Kier alpha value is -3.67. The van der Waals surface area contributed by atoms with Gasteiger partial charge in [-0.3, -0.25) is 4.79 Å². The monoisotopic (exact) mass is 441 g/mol. The molecule has 2 heterocycles. The number of hydrogen-bond donors (Lipinski definition) is 2. The summed E-state index contributed by atoms with van der Waals surface area (Å²) in [6.07, 6.45) is 0.735. The molecule has 0 radical (unpaired) electrons. The van der Waals surface area contributed by atoms with Crippen LogP contribution in [0.4, 0.5) is 11.5 Å². The molecule has 2 aromatic heterocycles. The highest BCUT2D eigenvalue weighted by Gasteiger charge is 2.22. The van der Waals surface area contributed by atoms with Gasteiger partial charge in [0.25, 0.3) is 0 Å². The minimum atomic E-state index is -0.185. The molecule has 0 saturated heterocycles. The van der Waals surface area contributed by atoms with E-state index in [-0.39, 0.29) is 17.2 Å². The number of carbonyl (C=O) groups excluding carboxylic acids is 1. The van der Waals surface area contributed by atoms with E-state index in [1.54, 1.807) is 4.68 Å². The first-order valence-corrected chi connectivity index (χ1v) is 11.3. The van der Waals surface area contributed by atoms with Gasteiger partial charge in [0, 0.05) is 23.8 Å². The largest absolute Gasteiger partial charge is 0.382 e. The zero-order valence-corrected chi connectivity index (χ0v) is 19.9. The average molecular weight is 442 g/mol. The van der Waals surface area contributed by atoms with E-state index in [1.807, 2.05) is 68.6 Å². The highest BCUT2D eigenvalue weighted by atomic mass is 16.1. The maximum atomic E-state index is 12.9. The predicted molar refractivity (Wildman–Crippen MR) is 135 cm³/mol. The number of nitrogen functional groups attached to an aromatic ring is 1. The van der Waals surface area contributed by atoms with Crippen LogP contribution in [-0.2, 0) is 17.3 Å². The second-order valence-electron chi connectivity index (χ2n) is 9.45. The first kappa shape index (κ1) is 22.5. The lowest BCUT2D eigenvalue weighted by atomic mass is 9.89. The molecule has 3 N–H and O–H groups in total. The number of pyridine rings is 1. The molecule has 1 amide bonds. The van der Waals surface area contributed by atoms with Gasteiger partial charge in [-0.1, -0.05) is 70.2 Å². The molecular formula is C27H31N5O. The van der Waals surface area contributed by atoms with Gasteiger partial charge in [0.15, 0.2) is 11.5 Å². The number of rotatable bonds is 5. The summed E-state index contributed by atoms with van der Waals surface area (Å²) < 4.78 is 1.73. The fourth-order valence-electron chi connectivity index (χ4n) is 4.11. The van der Waals surface area contributed by atoms with Crippen molar-refractivity contribution in [1.82, 2.24) is 14.8 Å². The summed E-state index contributed by atoms with van der Waals surface area (Å²) in [6, 6.07) is 19.9. The fraction of sp³-hybridized carbons (Fsp3) is 0.296. The van der Waals surface area contributed by atoms with Crippen molar-refractivity contribution >= 4 is 28.4 Å². The minimum Gasteiger partial charge on any atom is -0.382 e. The van der Waals surface area contributed by atoms with Gasteiger partial charge < -0.3 is 11.1 Å². The molecule has 6 heteroatoms. The van der Waals surface area contributed by atoms with Gasteiger partial charge in [0.2, 0.25) is 5.91 Å². The number of benzene rings is 2. The molecule has 1 unspecified atom stereocenters. The maximum Gasteiger partial charge on any atom is 0.231 e. The van der Waals surface area contributed by atoms with Crippen molar-refractivity contribution in [2.45, 2.75) is 45.4 Å². The number of nitrogens with two attached hydrogens (primary N) is 1. The Bertz CT molecular complexity index is 1280. The van der Waals surface area contributed by atoms with Crippen LogP contribution in [0.2, 0.25) is 0 Å². The number of aryl methyl sites for hydroxylation is 1. The molecule has 33 heavy (non-hydrogen) atoms. The van der Waals surface area contributed by atoms with Crippen LogP contribution >= 0.6 is 0 Å². The fourth-order valence-corrected chi connectivity index (χ4v) is 4.11. The van der Waals surface area contributed by atoms with Crippen molar-refractivity contribution in [2.24, 2.45) is 7.05 Å². The lowest BCUT2D eigenvalue weighted by molar-refractivity contribution is -0.117. The standard InChI is InChI=1S/C27H31N5O/c1-6-20(17-10-8-7-9-11-17)26(33)29-19-14-12-18(13-15-19)21-16-22(27(2,3)4)30-25-23(21)24(28)31-32(25)5/h7-16,20H,6H2,1-5H3,(H2,28,31)(H,29,33). The van der Waals surface area contributed by atoms with Crippen LogP contribution in [0.5, 0.6) is 0 Å². The van der Waals surface area contributed by atoms with E-state index in [2.05, 4.69) is 37.3 Å². The lowest BCUT2D eigenvalue weighted by Crippen LogP contribution is -2.20. The normalized spacial score (nSPS) is 12.6. The third-order valence-electron chi connectivity index (χ3n) is 5.98. The van der Waals surface area contributed by atoms with Gasteiger partial charge in [-0.15, -0.1) is 0 Å². The Kier molecular flexibility index (Phi) is 5.93. The molecule has 6 nitrogen and oxygen atoms in total. The average Bonchev–Trinajstić information content (AvgIpc) is 3.08. The number of carbonyl (C=O) groups is 1. The van der Waals surface area contributed by atoms with E-state index >= 15 is 0 Å². The van der Waals surface area contributed by atoms with Crippen LogP contribution in [-0.4, -0.2) is 20.7 Å². The Labute approximate surface area is 194 Å². The third-order valence-corrected chi connectivity index (χ3v) is 5.98. The molecule has 2 aromatic carbocycles. The van der Waals surface area contributed by atoms with Crippen molar-refractivity contribution in [3.63, 3.8) is 0 Å². The van der Waals surface area contributed by atoms with Crippen LogP contribution in [0.15, 0.2) is 60.7 Å². The first-order valence-electron chi connectivity index (χ1n) is 11.3. The van der Waals surface area contributed by atoms with Gasteiger partial charge in [0.05, 0.1) is 11.3 Å². The summed E-state index contributed by atoms with van der Waals surface area (Å²) in [4.78, 5) is 17.8. The molecule has 0 aliphatic carbocycles. The highest BCUT2D eigenvalue weighted by molar-refractivity contribution is 6.01. The molecule has 0 aliphatic rings. The summed E-state index contributed by atoms with van der Waals surface area (Å²) in [5.41, 5.74) is 11.6. The van der Waals surface area contributed by atoms with Gasteiger partial charge in [0.1, 0.15) is 0 Å². The smallest absolute Gasteiger partial charge is 0.231 e. The predicted octanol–water partition coefficient (Wildman–Crippen LogP) is 5.65. The Balaban J connectivity index is 1.67. The Morgan fingerprint density at radius 3 is 2.36 bits per heavy atom. The van der Waals surface area contributed by atoms with E-state index in [9.17, 15) is 4.79 Å². The van der Waals surface area contributed by atoms with Gasteiger partial charge in [-0.2, -0.15) is 5.10 Å². The van der Waals surface area contributed by atoms with E-state index < -0.39 is 0 Å². The van der Waals surface area contributed by atoms with Crippen LogP contribution in [0.1, 0.15) is 51.3 Å². The third kappa shape index (κ3) is 4.46. The van der Waals surface area contributed by atoms with Crippen LogP contribution in [0.25, 0.3) is 22.2 Å². The molecule has 0 spiro atoms. The summed E-state index contributed by atoms with van der Waals surface area (Å²) in [5.74, 6) is 0.269. The molecule has 0 aliphatic heterocycles. The topological polar surface area (TPSA) is 85.8 Å². The second-order valence-corrected chi connectivity index (χ2v) is 9.45. The molecule has 4 aromatic rings. The van der Waals surface area contributed by atoms with Crippen LogP contribution in [0.3, 0.4) is 0 Å². The number of aromatic nitrogens is 3. The van der Waals surface area contributed by atoms with E-state index in [1.165, 1.54) is 0 Å². The van der Waals surface area contributed by atoms with Crippen LogP contribution in [0, 0.1) is 0 Å². The van der Waals surface area contributed by atoms with Gasteiger partial charge in [-0.05, 0) is 41.3 Å². The maximum absolute atomic E-state index is 12.9. The number of fused-ring (bicyclic) bond motifs is 1. The van der Waals surface area contributed by atoms with Crippen molar-refractivity contribution < 1.29 is 4.79 Å². The Morgan fingerprint density at radius 1 is 1.09 bits per heavy atom. The number of amides is 1. The molecule has 0 saturated carbocycles. The second kappa shape index (κ2) is 8.70. The molecule has 0 bridgehead atoms. The summed E-state index contributed by atoms with van der Waals surface area (Å²) >= 11 is 0. The lowest BCUT2D eigenvalue weighted by Gasteiger charge is -2.19. The van der Waals surface area contributed by atoms with Crippen molar-refractivity contribution in [2.75, 3.05) is 11.1 Å². The summed E-state index contributed by atoms with van der Waals surface area (Å²) in [7, 11) is 1.86. The summed E-state index contributed by atoms with van der Waals surface area (Å²) in [5, 5.41) is 8.30. The number of nitrogens with zero attached hydrogens (tertiary/aromatic N) is 3. The quantitative estimate of drug-likeness (QED) is 0.419. The molecule has 1 atom stereocenters. The SMILES string of the molecule is CCC(C(=O)Nc1ccc(-c2cc(C(C)(C)C)nc3c2c(N)nn3C)cc1)c1ccccc1. The minimum absolute atomic E-state index is 0.00530. The molecule has 4 rings (SSSR count). The number of nitrogens with one attached hydrogen (secondary N) is 1. The summed E-state index contributed by atoms with van der Waals surface area (Å²) in [6.45, 7) is 8.45.